The predicted molar refractivity (Wildman–Crippen MR) is 74.6 cm³/mol. The number of aliphatic hydroxyl groups is 2. The zero-order valence-corrected chi connectivity index (χ0v) is 11.0. The molecule has 0 radical (unpaired) electrons. The third kappa shape index (κ3) is 3.82. The second kappa shape index (κ2) is 6.90. The molecule has 0 saturated heterocycles. The number of benzene rings is 2. The van der Waals surface area contributed by atoms with Crippen molar-refractivity contribution in [2.45, 2.75) is 12.6 Å². The van der Waals surface area contributed by atoms with Crippen molar-refractivity contribution < 1.29 is 24.5 Å². The molecule has 2 rings (SSSR count). The third-order valence-corrected chi connectivity index (χ3v) is 2.82. The molecule has 5 heteroatoms. The number of rotatable bonds is 6. The smallest absolute Gasteiger partial charge is 0.223 e. The second-order valence-corrected chi connectivity index (χ2v) is 4.30. The molecular weight excluding hydrogens is 272 g/mol. The second-order valence-electron chi connectivity index (χ2n) is 4.30. The zero-order valence-electron chi connectivity index (χ0n) is 11.0. The molecule has 0 amide bonds. The van der Waals surface area contributed by atoms with Gasteiger partial charge in [-0.2, -0.15) is 0 Å². The SMILES string of the molecule is O=C(c1ccccc1)[C@H](O)O[C@@H](O)C(=O)c1ccccc1. The summed E-state index contributed by atoms with van der Waals surface area (Å²) in [6.45, 7) is 0. The first kappa shape index (κ1) is 15.1. The Labute approximate surface area is 121 Å². The Morgan fingerprint density at radius 2 is 1.05 bits per heavy atom. The van der Waals surface area contributed by atoms with Crippen molar-refractivity contribution in [3.05, 3.63) is 71.8 Å². The van der Waals surface area contributed by atoms with Gasteiger partial charge in [0.15, 0.2) is 0 Å². The molecule has 0 aromatic heterocycles. The van der Waals surface area contributed by atoms with Crippen LogP contribution in [0.15, 0.2) is 60.7 Å². The van der Waals surface area contributed by atoms with Crippen molar-refractivity contribution in [1.82, 2.24) is 0 Å². The number of ether oxygens (including phenoxy) is 1. The van der Waals surface area contributed by atoms with Crippen molar-refractivity contribution in [2.75, 3.05) is 0 Å². The van der Waals surface area contributed by atoms with Crippen molar-refractivity contribution in [2.24, 2.45) is 0 Å². The average Bonchev–Trinajstić information content (AvgIpc) is 2.55. The Balaban J connectivity index is 2.01. The Hall–Kier alpha value is -2.34. The lowest BCUT2D eigenvalue weighted by molar-refractivity contribution is -0.163. The van der Waals surface area contributed by atoms with Gasteiger partial charge in [0.05, 0.1) is 0 Å². The van der Waals surface area contributed by atoms with E-state index in [9.17, 15) is 19.8 Å². The number of hydrogen-bond donors (Lipinski definition) is 2. The third-order valence-electron chi connectivity index (χ3n) is 2.82. The maximum atomic E-state index is 11.8. The average molecular weight is 286 g/mol. The highest BCUT2D eigenvalue weighted by Crippen LogP contribution is 2.09. The maximum Gasteiger partial charge on any atom is 0.223 e. The molecule has 0 fully saturated rings. The molecule has 0 spiro atoms. The van der Waals surface area contributed by atoms with Gasteiger partial charge in [0, 0.05) is 11.1 Å². The number of ketones is 2. The summed E-state index contributed by atoms with van der Waals surface area (Å²) in [5.74, 6) is -1.45. The molecule has 0 unspecified atom stereocenters. The summed E-state index contributed by atoms with van der Waals surface area (Å²) in [5, 5.41) is 19.3. The first-order valence-electron chi connectivity index (χ1n) is 6.29. The summed E-state index contributed by atoms with van der Waals surface area (Å²) in [4.78, 5) is 23.7. The molecule has 0 aliphatic carbocycles. The monoisotopic (exact) mass is 286 g/mol. The largest absolute Gasteiger partial charge is 0.362 e. The molecule has 0 heterocycles. The summed E-state index contributed by atoms with van der Waals surface area (Å²) >= 11 is 0. The van der Waals surface area contributed by atoms with Gasteiger partial charge in [-0.15, -0.1) is 0 Å². The van der Waals surface area contributed by atoms with Crippen LogP contribution in [0.3, 0.4) is 0 Å². The van der Waals surface area contributed by atoms with E-state index in [0.29, 0.717) is 0 Å². The topological polar surface area (TPSA) is 83.8 Å². The molecule has 0 aliphatic rings. The number of Topliss-reactive ketones (excluding diaryl/α,β-unsaturated/α-hetero) is 2. The van der Waals surface area contributed by atoms with E-state index >= 15 is 0 Å². The van der Waals surface area contributed by atoms with E-state index in [4.69, 9.17) is 4.74 Å². The van der Waals surface area contributed by atoms with Crippen LogP contribution in [0.25, 0.3) is 0 Å². The van der Waals surface area contributed by atoms with E-state index in [1.807, 2.05) is 0 Å². The molecule has 0 saturated carbocycles. The van der Waals surface area contributed by atoms with Crippen LogP contribution in [-0.2, 0) is 4.74 Å². The number of aliphatic hydroxyl groups excluding tert-OH is 2. The first-order chi connectivity index (χ1) is 10.1. The molecule has 21 heavy (non-hydrogen) atoms. The highest BCUT2D eigenvalue weighted by molar-refractivity contribution is 6.00. The van der Waals surface area contributed by atoms with E-state index < -0.39 is 24.1 Å². The van der Waals surface area contributed by atoms with E-state index in [2.05, 4.69) is 0 Å². The van der Waals surface area contributed by atoms with Crippen LogP contribution < -0.4 is 0 Å². The Kier molecular flexibility index (Phi) is 4.94. The molecule has 108 valence electrons. The van der Waals surface area contributed by atoms with E-state index in [1.165, 1.54) is 24.3 Å². The molecule has 2 N–H and O–H groups in total. The lowest BCUT2D eigenvalue weighted by Crippen LogP contribution is -2.34. The van der Waals surface area contributed by atoms with E-state index in [0.717, 1.165) is 0 Å². The molecule has 2 aromatic rings. The van der Waals surface area contributed by atoms with Crippen LogP contribution in [0.4, 0.5) is 0 Å². The Morgan fingerprint density at radius 3 is 1.38 bits per heavy atom. The van der Waals surface area contributed by atoms with Crippen molar-refractivity contribution in [3.63, 3.8) is 0 Å². The van der Waals surface area contributed by atoms with Crippen LogP contribution in [0.5, 0.6) is 0 Å². The van der Waals surface area contributed by atoms with Crippen molar-refractivity contribution in [1.29, 1.82) is 0 Å². The van der Waals surface area contributed by atoms with Gasteiger partial charge in [0.2, 0.25) is 24.1 Å². The van der Waals surface area contributed by atoms with Gasteiger partial charge >= 0.3 is 0 Å². The van der Waals surface area contributed by atoms with Crippen LogP contribution in [0.2, 0.25) is 0 Å². The Bertz CT molecular complexity index is 554. The minimum absolute atomic E-state index is 0.226. The summed E-state index contributed by atoms with van der Waals surface area (Å²) < 4.78 is 4.69. The summed E-state index contributed by atoms with van der Waals surface area (Å²) in [6.07, 6.45) is -3.81. The normalized spacial score (nSPS) is 13.4. The predicted octanol–water partition coefficient (Wildman–Crippen LogP) is 1.41. The molecule has 5 nitrogen and oxygen atoms in total. The van der Waals surface area contributed by atoms with Gasteiger partial charge in [-0.05, 0) is 0 Å². The maximum absolute atomic E-state index is 11.8. The highest BCUT2D eigenvalue weighted by atomic mass is 16.7. The molecule has 2 aromatic carbocycles. The fourth-order valence-electron chi connectivity index (χ4n) is 1.74. The quantitative estimate of drug-likeness (QED) is 0.619. The van der Waals surface area contributed by atoms with Crippen LogP contribution in [0, 0.1) is 0 Å². The van der Waals surface area contributed by atoms with Gasteiger partial charge in [0.25, 0.3) is 0 Å². The van der Waals surface area contributed by atoms with Gasteiger partial charge in [-0.3, -0.25) is 9.59 Å². The number of carbonyl (C=O) groups excluding carboxylic acids is 2. The zero-order chi connectivity index (χ0) is 15.2. The van der Waals surface area contributed by atoms with Crippen LogP contribution >= 0.6 is 0 Å². The summed E-state index contributed by atoms with van der Waals surface area (Å²) in [5.41, 5.74) is 0.453. The van der Waals surface area contributed by atoms with Gasteiger partial charge < -0.3 is 14.9 Å². The highest BCUT2D eigenvalue weighted by Gasteiger charge is 2.25. The van der Waals surface area contributed by atoms with Crippen molar-refractivity contribution in [3.8, 4) is 0 Å². The van der Waals surface area contributed by atoms with Crippen LogP contribution in [-0.4, -0.2) is 34.4 Å². The summed E-state index contributed by atoms with van der Waals surface area (Å²) in [7, 11) is 0. The van der Waals surface area contributed by atoms with E-state index in [1.54, 1.807) is 36.4 Å². The molecular formula is C16H14O5. The van der Waals surface area contributed by atoms with Crippen LogP contribution in [0.1, 0.15) is 20.7 Å². The standard InChI is InChI=1S/C16H14O5/c17-13(11-7-3-1-4-8-11)15(19)21-16(20)14(18)12-9-5-2-6-10-12/h1-10,15-16,19-20H/t15-,16-/m1/s1. The lowest BCUT2D eigenvalue weighted by atomic mass is 10.1. The minimum Gasteiger partial charge on any atom is -0.362 e. The molecule has 2 atom stereocenters. The van der Waals surface area contributed by atoms with Gasteiger partial charge in [0.1, 0.15) is 0 Å². The van der Waals surface area contributed by atoms with Crippen molar-refractivity contribution >= 4 is 11.6 Å². The molecule has 0 bridgehead atoms. The lowest BCUT2D eigenvalue weighted by Gasteiger charge is -2.15. The Morgan fingerprint density at radius 1 is 0.714 bits per heavy atom. The summed E-state index contributed by atoms with van der Waals surface area (Å²) in [6, 6.07) is 16.0. The first-order valence-corrected chi connectivity index (χ1v) is 6.29. The minimum atomic E-state index is -1.91. The number of carbonyl (C=O) groups is 2. The fraction of sp³-hybridized carbons (Fsp3) is 0.125. The van der Waals surface area contributed by atoms with E-state index in [-0.39, 0.29) is 11.1 Å². The fourth-order valence-corrected chi connectivity index (χ4v) is 1.74. The number of hydrogen-bond acceptors (Lipinski definition) is 5. The van der Waals surface area contributed by atoms with Gasteiger partial charge in [-0.25, -0.2) is 0 Å². The van der Waals surface area contributed by atoms with Gasteiger partial charge in [-0.1, -0.05) is 60.7 Å². The molecule has 0 aliphatic heterocycles.